The largest absolute Gasteiger partial charge is 0.380 e. The topological polar surface area (TPSA) is 69.6 Å². The van der Waals surface area contributed by atoms with Crippen molar-refractivity contribution in [2.45, 2.75) is 19.9 Å². The molecule has 0 radical (unpaired) electrons. The Morgan fingerprint density at radius 1 is 1.46 bits per heavy atom. The monoisotopic (exact) mass is 177 g/mol. The summed E-state index contributed by atoms with van der Waals surface area (Å²) in [6.07, 6.45) is 3.44. The Hall–Kier alpha value is -1.65. The summed E-state index contributed by atoms with van der Waals surface area (Å²) >= 11 is 0. The molecular weight excluding hydrogens is 166 g/mol. The molecule has 68 valence electrons. The van der Waals surface area contributed by atoms with Gasteiger partial charge in [-0.05, 0) is 13.8 Å². The second-order valence-electron chi connectivity index (χ2n) is 3.21. The number of hydrogen-bond donors (Lipinski definition) is 1. The number of rotatable bonds is 1. The third kappa shape index (κ3) is 1.12. The zero-order chi connectivity index (χ0) is 9.42. The van der Waals surface area contributed by atoms with Crippen LogP contribution < -0.4 is 5.73 Å². The summed E-state index contributed by atoms with van der Waals surface area (Å²) in [7, 11) is 0. The zero-order valence-corrected chi connectivity index (χ0v) is 7.60. The van der Waals surface area contributed by atoms with Gasteiger partial charge in [0, 0.05) is 6.04 Å². The maximum atomic E-state index is 5.62. The first-order chi connectivity index (χ1) is 6.20. The van der Waals surface area contributed by atoms with E-state index in [4.69, 9.17) is 5.73 Å². The maximum Gasteiger partial charge on any atom is 0.174 e. The Kier molecular flexibility index (Phi) is 1.65. The fourth-order valence-corrected chi connectivity index (χ4v) is 1.30. The maximum absolute atomic E-state index is 5.62. The van der Waals surface area contributed by atoms with Crippen molar-refractivity contribution in [1.29, 1.82) is 0 Å². The first-order valence-electron chi connectivity index (χ1n) is 4.14. The molecule has 2 heterocycles. The quantitative estimate of drug-likeness (QED) is 0.705. The van der Waals surface area contributed by atoms with Gasteiger partial charge in [0.2, 0.25) is 0 Å². The van der Waals surface area contributed by atoms with Gasteiger partial charge in [0.1, 0.15) is 5.52 Å². The normalized spacial score (nSPS) is 11.3. The number of aromatic nitrogens is 4. The number of imidazole rings is 1. The minimum atomic E-state index is 0.355. The Bertz CT molecular complexity index is 431. The molecule has 13 heavy (non-hydrogen) atoms. The molecule has 5 heteroatoms. The minimum Gasteiger partial charge on any atom is -0.380 e. The molecule has 0 aliphatic rings. The van der Waals surface area contributed by atoms with Gasteiger partial charge in [-0.15, -0.1) is 5.10 Å². The highest BCUT2D eigenvalue weighted by Crippen LogP contribution is 2.18. The van der Waals surface area contributed by atoms with Crippen molar-refractivity contribution >= 4 is 16.9 Å². The predicted octanol–water partition coefficient (Wildman–Crippen LogP) is 0.989. The number of hydrogen-bond acceptors (Lipinski definition) is 4. The van der Waals surface area contributed by atoms with Crippen LogP contribution in [0.3, 0.4) is 0 Å². The molecule has 2 rings (SSSR count). The SMILES string of the molecule is CC(C)n1cnc2c(N)nncc21. The van der Waals surface area contributed by atoms with Gasteiger partial charge in [-0.25, -0.2) is 4.98 Å². The average molecular weight is 177 g/mol. The van der Waals surface area contributed by atoms with E-state index in [0.717, 1.165) is 11.0 Å². The number of nitrogens with two attached hydrogens (primary N) is 1. The van der Waals surface area contributed by atoms with Crippen molar-refractivity contribution in [3.8, 4) is 0 Å². The van der Waals surface area contributed by atoms with E-state index in [9.17, 15) is 0 Å². The van der Waals surface area contributed by atoms with Gasteiger partial charge in [-0.2, -0.15) is 5.10 Å². The van der Waals surface area contributed by atoms with E-state index in [2.05, 4.69) is 29.0 Å². The van der Waals surface area contributed by atoms with Gasteiger partial charge < -0.3 is 10.3 Å². The third-order valence-electron chi connectivity index (χ3n) is 1.98. The summed E-state index contributed by atoms with van der Waals surface area (Å²) < 4.78 is 2.01. The lowest BCUT2D eigenvalue weighted by Crippen LogP contribution is -2.00. The summed E-state index contributed by atoms with van der Waals surface area (Å²) in [6, 6.07) is 0.355. The van der Waals surface area contributed by atoms with E-state index in [1.165, 1.54) is 0 Å². The van der Waals surface area contributed by atoms with Crippen LogP contribution in [-0.4, -0.2) is 19.7 Å². The lowest BCUT2D eigenvalue weighted by molar-refractivity contribution is 0.616. The van der Waals surface area contributed by atoms with Gasteiger partial charge in [0.15, 0.2) is 5.82 Å². The van der Waals surface area contributed by atoms with Crippen LogP contribution in [0.5, 0.6) is 0 Å². The van der Waals surface area contributed by atoms with Crippen molar-refractivity contribution in [2.24, 2.45) is 0 Å². The molecular formula is C8H11N5. The molecule has 0 unspecified atom stereocenters. The molecule has 2 aromatic rings. The number of nitrogen functional groups attached to an aromatic ring is 1. The number of nitrogens with zero attached hydrogens (tertiary/aromatic N) is 4. The molecule has 0 amide bonds. The first-order valence-corrected chi connectivity index (χ1v) is 4.14. The van der Waals surface area contributed by atoms with E-state index in [1.54, 1.807) is 12.5 Å². The van der Waals surface area contributed by atoms with E-state index >= 15 is 0 Å². The van der Waals surface area contributed by atoms with Crippen molar-refractivity contribution in [3.05, 3.63) is 12.5 Å². The standard InChI is InChI=1S/C8H11N5/c1-5(2)13-4-10-7-6(13)3-11-12-8(7)9/h3-5H,1-2H3,(H2,9,12). The Morgan fingerprint density at radius 2 is 2.23 bits per heavy atom. The highest BCUT2D eigenvalue weighted by atomic mass is 15.2. The van der Waals surface area contributed by atoms with Gasteiger partial charge in [0.25, 0.3) is 0 Å². The third-order valence-corrected chi connectivity index (χ3v) is 1.98. The molecule has 2 aromatic heterocycles. The van der Waals surface area contributed by atoms with Crippen LogP contribution in [0.15, 0.2) is 12.5 Å². The fraction of sp³-hybridized carbons (Fsp3) is 0.375. The fourth-order valence-electron chi connectivity index (χ4n) is 1.30. The molecule has 0 aliphatic carbocycles. The highest BCUT2D eigenvalue weighted by molar-refractivity contribution is 5.83. The van der Waals surface area contributed by atoms with Crippen molar-refractivity contribution < 1.29 is 0 Å². The van der Waals surface area contributed by atoms with Crippen LogP contribution in [-0.2, 0) is 0 Å². The molecule has 0 fully saturated rings. The van der Waals surface area contributed by atoms with Crippen LogP contribution >= 0.6 is 0 Å². The first kappa shape index (κ1) is 7.97. The zero-order valence-electron chi connectivity index (χ0n) is 7.60. The van der Waals surface area contributed by atoms with E-state index in [-0.39, 0.29) is 0 Å². The van der Waals surface area contributed by atoms with Crippen LogP contribution in [0.25, 0.3) is 11.0 Å². The molecule has 0 spiro atoms. The molecule has 2 N–H and O–H groups in total. The van der Waals surface area contributed by atoms with Crippen LogP contribution in [0.1, 0.15) is 19.9 Å². The summed E-state index contributed by atoms with van der Waals surface area (Å²) in [5.74, 6) is 0.386. The Morgan fingerprint density at radius 3 is 2.92 bits per heavy atom. The Balaban J connectivity index is 2.75. The Labute approximate surface area is 75.6 Å². The predicted molar refractivity (Wildman–Crippen MR) is 50.1 cm³/mol. The smallest absolute Gasteiger partial charge is 0.174 e. The molecule has 0 aromatic carbocycles. The number of fused-ring (bicyclic) bond motifs is 1. The summed E-state index contributed by atoms with van der Waals surface area (Å²) in [5.41, 5.74) is 7.28. The van der Waals surface area contributed by atoms with Crippen LogP contribution in [0.4, 0.5) is 5.82 Å². The number of anilines is 1. The lowest BCUT2D eigenvalue weighted by atomic mass is 10.3. The van der Waals surface area contributed by atoms with Gasteiger partial charge in [-0.3, -0.25) is 0 Å². The minimum absolute atomic E-state index is 0.355. The molecule has 0 aliphatic heterocycles. The molecule has 0 saturated carbocycles. The van der Waals surface area contributed by atoms with E-state index < -0.39 is 0 Å². The molecule has 0 saturated heterocycles. The van der Waals surface area contributed by atoms with Crippen molar-refractivity contribution in [2.75, 3.05) is 5.73 Å². The second-order valence-corrected chi connectivity index (χ2v) is 3.21. The van der Waals surface area contributed by atoms with Gasteiger partial charge in [0.05, 0.1) is 18.0 Å². The van der Waals surface area contributed by atoms with Crippen LogP contribution in [0.2, 0.25) is 0 Å². The van der Waals surface area contributed by atoms with E-state index in [1.807, 2.05) is 4.57 Å². The van der Waals surface area contributed by atoms with Crippen molar-refractivity contribution in [1.82, 2.24) is 19.7 Å². The van der Waals surface area contributed by atoms with Gasteiger partial charge in [-0.1, -0.05) is 0 Å². The average Bonchev–Trinajstić information content (AvgIpc) is 2.48. The highest BCUT2D eigenvalue weighted by Gasteiger charge is 2.08. The molecule has 0 atom stereocenters. The second kappa shape index (κ2) is 2.69. The van der Waals surface area contributed by atoms with E-state index in [0.29, 0.717) is 11.9 Å². The summed E-state index contributed by atoms with van der Waals surface area (Å²) in [5, 5.41) is 7.52. The summed E-state index contributed by atoms with van der Waals surface area (Å²) in [4.78, 5) is 4.17. The van der Waals surface area contributed by atoms with Crippen molar-refractivity contribution in [3.63, 3.8) is 0 Å². The van der Waals surface area contributed by atoms with Gasteiger partial charge >= 0.3 is 0 Å². The van der Waals surface area contributed by atoms with Crippen LogP contribution in [0, 0.1) is 0 Å². The summed E-state index contributed by atoms with van der Waals surface area (Å²) in [6.45, 7) is 4.16. The lowest BCUT2D eigenvalue weighted by Gasteiger charge is -2.06. The molecule has 5 nitrogen and oxygen atoms in total. The molecule has 0 bridgehead atoms.